The average molecular weight is 203 g/mol. The minimum Gasteiger partial charge on any atom is -0.371 e. The topological polar surface area (TPSA) is 12.5 Å². The van der Waals surface area contributed by atoms with E-state index < -0.39 is 6.17 Å². The standard InChI is InChI=1S/C11H22FNO/c1-9(12)7-13-6-5-10(8-13)14-11(2,3)4/h9-10H,5-8H2,1-4H3. The van der Waals surface area contributed by atoms with E-state index >= 15 is 0 Å². The van der Waals surface area contributed by atoms with Gasteiger partial charge < -0.3 is 4.74 Å². The fourth-order valence-electron chi connectivity index (χ4n) is 1.91. The Balaban J connectivity index is 2.27. The predicted molar refractivity (Wildman–Crippen MR) is 56.3 cm³/mol. The van der Waals surface area contributed by atoms with Crippen molar-refractivity contribution in [1.29, 1.82) is 0 Å². The van der Waals surface area contributed by atoms with Gasteiger partial charge in [-0.3, -0.25) is 4.90 Å². The molecule has 1 rings (SSSR count). The molecule has 0 aromatic rings. The van der Waals surface area contributed by atoms with Crippen LogP contribution in [-0.2, 0) is 4.74 Å². The Hall–Kier alpha value is -0.150. The van der Waals surface area contributed by atoms with Crippen molar-refractivity contribution in [1.82, 2.24) is 4.90 Å². The van der Waals surface area contributed by atoms with Gasteiger partial charge in [0.2, 0.25) is 0 Å². The molecule has 0 bridgehead atoms. The zero-order valence-corrected chi connectivity index (χ0v) is 9.72. The van der Waals surface area contributed by atoms with Gasteiger partial charge in [-0.15, -0.1) is 0 Å². The molecule has 0 spiro atoms. The van der Waals surface area contributed by atoms with Gasteiger partial charge in [-0.05, 0) is 34.1 Å². The number of alkyl halides is 1. The highest BCUT2D eigenvalue weighted by molar-refractivity contribution is 4.79. The second-order valence-corrected chi connectivity index (χ2v) is 5.18. The number of ether oxygens (including phenoxy) is 1. The van der Waals surface area contributed by atoms with E-state index in [2.05, 4.69) is 25.7 Å². The highest BCUT2D eigenvalue weighted by Crippen LogP contribution is 2.19. The molecule has 2 nitrogen and oxygen atoms in total. The minimum atomic E-state index is -0.733. The molecule has 1 aliphatic heterocycles. The van der Waals surface area contributed by atoms with E-state index in [0.717, 1.165) is 19.5 Å². The summed E-state index contributed by atoms with van der Waals surface area (Å²) in [7, 11) is 0. The molecule has 14 heavy (non-hydrogen) atoms. The maximum Gasteiger partial charge on any atom is 0.110 e. The molecule has 0 radical (unpaired) electrons. The van der Waals surface area contributed by atoms with Crippen LogP contribution in [0.2, 0.25) is 0 Å². The number of hydrogen-bond acceptors (Lipinski definition) is 2. The third-order valence-electron chi connectivity index (χ3n) is 2.26. The first-order valence-corrected chi connectivity index (χ1v) is 5.41. The quantitative estimate of drug-likeness (QED) is 0.697. The van der Waals surface area contributed by atoms with Crippen LogP contribution < -0.4 is 0 Å². The molecule has 0 aliphatic carbocycles. The van der Waals surface area contributed by atoms with E-state index in [1.54, 1.807) is 6.92 Å². The zero-order valence-electron chi connectivity index (χ0n) is 9.72. The number of rotatable bonds is 3. The van der Waals surface area contributed by atoms with Crippen molar-refractivity contribution in [3.05, 3.63) is 0 Å². The van der Waals surface area contributed by atoms with E-state index in [-0.39, 0.29) is 11.7 Å². The average Bonchev–Trinajstić information content (AvgIpc) is 2.30. The van der Waals surface area contributed by atoms with E-state index in [1.165, 1.54) is 0 Å². The lowest BCUT2D eigenvalue weighted by atomic mass is 10.2. The molecular formula is C11H22FNO. The zero-order chi connectivity index (χ0) is 10.8. The number of nitrogens with zero attached hydrogens (tertiary/aromatic N) is 1. The van der Waals surface area contributed by atoms with Crippen molar-refractivity contribution in [2.75, 3.05) is 19.6 Å². The van der Waals surface area contributed by atoms with Crippen molar-refractivity contribution < 1.29 is 9.13 Å². The van der Waals surface area contributed by atoms with Crippen LogP contribution in [0.25, 0.3) is 0 Å². The van der Waals surface area contributed by atoms with Gasteiger partial charge in [-0.1, -0.05) is 0 Å². The fourth-order valence-corrected chi connectivity index (χ4v) is 1.91. The van der Waals surface area contributed by atoms with Gasteiger partial charge in [0.15, 0.2) is 0 Å². The maximum atomic E-state index is 12.7. The van der Waals surface area contributed by atoms with Gasteiger partial charge in [0, 0.05) is 19.6 Å². The summed E-state index contributed by atoms with van der Waals surface area (Å²) in [5, 5.41) is 0. The van der Waals surface area contributed by atoms with Crippen LogP contribution in [0, 0.1) is 0 Å². The minimum absolute atomic E-state index is 0.0813. The molecule has 2 unspecified atom stereocenters. The van der Waals surface area contributed by atoms with Crippen molar-refractivity contribution >= 4 is 0 Å². The third-order valence-corrected chi connectivity index (χ3v) is 2.26. The lowest BCUT2D eigenvalue weighted by Gasteiger charge is -2.25. The second-order valence-electron chi connectivity index (χ2n) is 5.18. The molecule has 1 heterocycles. The first-order valence-electron chi connectivity index (χ1n) is 5.41. The summed E-state index contributed by atoms with van der Waals surface area (Å²) in [5.41, 5.74) is -0.0813. The molecule has 1 aliphatic rings. The Bertz CT molecular complexity index is 177. The molecular weight excluding hydrogens is 181 g/mol. The van der Waals surface area contributed by atoms with E-state index in [9.17, 15) is 4.39 Å². The molecule has 0 amide bonds. The largest absolute Gasteiger partial charge is 0.371 e. The van der Waals surface area contributed by atoms with Gasteiger partial charge in [-0.2, -0.15) is 0 Å². The Kier molecular flexibility index (Phi) is 3.90. The summed E-state index contributed by atoms with van der Waals surface area (Å²) >= 11 is 0. The summed E-state index contributed by atoms with van der Waals surface area (Å²) < 4.78 is 18.6. The first-order chi connectivity index (χ1) is 6.37. The van der Waals surface area contributed by atoms with Crippen LogP contribution in [0.5, 0.6) is 0 Å². The SMILES string of the molecule is CC(F)CN1CCC(OC(C)(C)C)C1. The Morgan fingerprint density at radius 3 is 2.64 bits per heavy atom. The molecule has 0 saturated carbocycles. The number of halogens is 1. The molecule has 1 saturated heterocycles. The van der Waals surface area contributed by atoms with Gasteiger partial charge in [-0.25, -0.2) is 4.39 Å². The normalized spacial score (nSPS) is 26.8. The molecule has 84 valence electrons. The summed E-state index contributed by atoms with van der Waals surface area (Å²) in [6, 6.07) is 0. The molecule has 0 N–H and O–H groups in total. The molecule has 1 fully saturated rings. The van der Waals surface area contributed by atoms with Gasteiger partial charge in [0.05, 0.1) is 11.7 Å². The van der Waals surface area contributed by atoms with Gasteiger partial charge >= 0.3 is 0 Å². The number of hydrogen-bond donors (Lipinski definition) is 0. The van der Waals surface area contributed by atoms with Crippen molar-refractivity contribution in [3.8, 4) is 0 Å². The molecule has 0 aromatic heterocycles. The first kappa shape index (κ1) is 11.9. The van der Waals surface area contributed by atoms with Crippen molar-refractivity contribution in [2.45, 2.75) is 52.0 Å². The summed E-state index contributed by atoms with van der Waals surface area (Å²) in [6.45, 7) is 10.2. The lowest BCUT2D eigenvalue weighted by molar-refractivity contribution is -0.0542. The van der Waals surface area contributed by atoms with Crippen molar-refractivity contribution in [2.24, 2.45) is 0 Å². The van der Waals surface area contributed by atoms with Gasteiger partial charge in [0.1, 0.15) is 6.17 Å². The fraction of sp³-hybridized carbons (Fsp3) is 1.00. The van der Waals surface area contributed by atoms with Crippen LogP contribution >= 0.6 is 0 Å². The Morgan fingerprint density at radius 1 is 1.50 bits per heavy atom. The Labute approximate surface area is 86.4 Å². The van der Waals surface area contributed by atoms with E-state index in [4.69, 9.17) is 4.74 Å². The molecule has 0 aromatic carbocycles. The summed E-state index contributed by atoms with van der Waals surface area (Å²) in [4.78, 5) is 2.14. The third kappa shape index (κ3) is 4.38. The van der Waals surface area contributed by atoms with E-state index in [1.807, 2.05) is 0 Å². The molecule has 2 atom stereocenters. The summed E-state index contributed by atoms with van der Waals surface area (Å²) in [5.74, 6) is 0. The van der Waals surface area contributed by atoms with Crippen LogP contribution in [-0.4, -0.2) is 42.4 Å². The summed E-state index contributed by atoms with van der Waals surface area (Å²) in [6.07, 6.45) is 0.585. The van der Waals surface area contributed by atoms with E-state index in [0.29, 0.717) is 6.54 Å². The molecule has 3 heteroatoms. The second kappa shape index (κ2) is 4.58. The van der Waals surface area contributed by atoms with Crippen LogP contribution in [0.3, 0.4) is 0 Å². The highest BCUT2D eigenvalue weighted by atomic mass is 19.1. The van der Waals surface area contributed by atoms with Crippen LogP contribution in [0.1, 0.15) is 34.1 Å². The smallest absolute Gasteiger partial charge is 0.110 e. The van der Waals surface area contributed by atoms with Crippen molar-refractivity contribution in [3.63, 3.8) is 0 Å². The van der Waals surface area contributed by atoms with Crippen LogP contribution in [0.4, 0.5) is 4.39 Å². The lowest BCUT2D eigenvalue weighted by Crippen LogP contribution is -2.32. The Morgan fingerprint density at radius 2 is 2.14 bits per heavy atom. The van der Waals surface area contributed by atoms with Gasteiger partial charge in [0.25, 0.3) is 0 Å². The van der Waals surface area contributed by atoms with Crippen LogP contribution in [0.15, 0.2) is 0 Å². The monoisotopic (exact) mass is 203 g/mol. The number of likely N-dealkylation sites (tertiary alicyclic amines) is 1. The maximum absolute atomic E-state index is 12.7. The predicted octanol–water partition coefficient (Wildman–Crippen LogP) is 2.23. The highest BCUT2D eigenvalue weighted by Gasteiger charge is 2.27.